The van der Waals surface area contributed by atoms with Crippen molar-refractivity contribution < 1.29 is 13.7 Å². The van der Waals surface area contributed by atoms with E-state index < -0.39 is 0 Å². The molecule has 9 aromatic heterocycles. The van der Waals surface area contributed by atoms with Crippen LogP contribution in [0.2, 0.25) is 0 Å². The lowest BCUT2D eigenvalue weighted by Crippen LogP contribution is -2.37. The van der Waals surface area contributed by atoms with Crippen LogP contribution in [-0.4, -0.2) is 41.9 Å². The summed E-state index contributed by atoms with van der Waals surface area (Å²) in [6.07, 6.45) is 6.28. The normalized spacial score (nSPS) is 11.7. The molecule has 12 nitrogen and oxygen atoms in total. The summed E-state index contributed by atoms with van der Waals surface area (Å²) in [6, 6.07) is 48.0. The Morgan fingerprint density at radius 3 is 1.58 bits per heavy atom. The summed E-state index contributed by atoms with van der Waals surface area (Å²) in [5.41, 5.74) is 16.3. The van der Waals surface area contributed by atoms with Gasteiger partial charge in [0.1, 0.15) is 17.1 Å². The minimum absolute atomic E-state index is 0.951. The van der Waals surface area contributed by atoms with E-state index in [-0.39, 0.29) is 0 Å². The molecular formula is C55H53N12+3. The van der Waals surface area contributed by atoms with Crippen LogP contribution in [0.25, 0.3) is 78.9 Å². The zero-order valence-corrected chi connectivity index (χ0v) is 39.4. The molecule has 0 amide bonds. The molecule has 0 aliphatic rings. The number of benzene rings is 4. The molecule has 0 bridgehead atoms. The molecule has 0 spiro atoms. The van der Waals surface area contributed by atoms with Crippen molar-refractivity contribution in [3.63, 3.8) is 0 Å². The Kier molecular flexibility index (Phi) is 9.84. The lowest BCUT2D eigenvalue weighted by molar-refractivity contribution is -0.671. The van der Waals surface area contributed by atoms with Crippen molar-refractivity contribution in [2.75, 3.05) is 0 Å². The summed E-state index contributed by atoms with van der Waals surface area (Å²) in [4.78, 5) is 14.6. The predicted molar refractivity (Wildman–Crippen MR) is 266 cm³/mol. The summed E-state index contributed by atoms with van der Waals surface area (Å²) < 4.78 is 19.8. The number of hydrogen-bond donors (Lipinski definition) is 0. The third-order valence-corrected chi connectivity index (χ3v) is 13.5. The predicted octanol–water partition coefficient (Wildman–Crippen LogP) is 9.31. The maximum Gasteiger partial charge on any atom is 0.312 e. The summed E-state index contributed by atoms with van der Waals surface area (Å²) in [7, 11) is 6.22. The molecule has 13 aromatic rings. The molecule has 0 aliphatic heterocycles. The summed E-state index contributed by atoms with van der Waals surface area (Å²) in [5.74, 6) is 6.21. The number of nitrogens with zero attached hydrogens (tertiary/aromatic N) is 12. The average Bonchev–Trinajstić information content (AvgIpc) is 4.17. The van der Waals surface area contributed by atoms with Crippen molar-refractivity contribution in [3.05, 3.63) is 192 Å². The molecule has 13 rings (SSSR count). The van der Waals surface area contributed by atoms with Gasteiger partial charge in [0.05, 0.1) is 84.0 Å². The van der Waals surface area contributed by atoms with Gasteiger partial charge in [0.2, 0.25) is 0 Å². The average molecular weight is 882 g/mol. The van der Waals surface area contributed by atoms with Gasteiger partial charge < -0.3 is 0 Å². The molecule has 67 heavy (non-hydrogen) atoms. The van der Waals surface area contributed by atoms with Gasteiger partial charge in [0.15, 0.2) is 5.52 Å². The van der Waals surface area contributed by atoms with E-state index in [0.29, 0.717) is 0 Å². The first-order chi connectivity index (χ1) is 32.5. The Balaban J connectivity index is 0.000000111. The van der Waals surface area contributed by atoms with E-state index in [0.717, 1.165) is 67.9 Å². The molecule has 4 aromatic carbocycles. The second kappa shape index (κ2) is 15.9. The van der Waals surface area contributed by atoms with Gasteiger partial charge in [0, 0.05) is 23.8 Å². The van der Waals surface area contributed by atoms with Crippen LogP contribution >= 0.6 is 0 Å². The van der Waals surface area contributed by atoms with Crippen LogP contribution in [0.5, 0.6) is 0 Å². The number of rotatable bonds is 3. The second-order valence-corrected chi connectivity index (χ2v) is 17.5. The first kappa shape index (κ1) is 41.3. The Labute approximate surface area is 387 Å². The fourth-order valence-electron chi connectivity index (χ4n) is 9.61. The molecule has 0 N–H and O–H groups in total. The molecule has 0 radical (unpaired) electrons. The highest BCUT2D eigenvalue weighted by atomic mass is 15.3. The highest BCUT2D eigenvalue weighted by Gasteiger charge is 2.27. The number of aromatic nitrogens is 12. The minimum Gasteiger partial charge on any atom is -0.261 e. The van der Waals surface area contributed by atoms with Gasteiger partial charge in [-0.15, -0.1) is 0 Å². The number of aryl methyl sites for hydroxylation is 7. The van der Waals surface area contributed by atoms with Crippen molar-refractivity contribution in [1.29, 1.82) is 0 Å². The van der Waals surface area contributed by atoms with Crippen LogP contribution < -0.4 is 13.7 Å². The second-order valence-electron chi connectivity index (χ2n) is 17.5. The van der Waals surface area contributed by atoms with E-state index in [9.17, 15) is 0 Å². The van der Waals surface area contributed by atoms with E-state index >= 15 is 0 Å². The fraction of sp³-hybridized carbons (Fsp3) is 0.164. The quantitative estimate of drug-likeness (QED) is 0.166. The monoisotopic (exact) mass is 881 g/mol. The number of pyridine rings is 3. The maximum absolute atomic E-state index is 4.95. The highest BCUT2D eigenvalue weighted by molar-refractivity contribution is 5.93. The Morgan fingerprint density at radius 1 is 0.418 bits per heavy atom. The number of imidazole rings is 6. The minimum atomic E-state index is 0.951. The van der Waals surface area contributed by atoms with Crippen molar-refractivity contribution in [2.24, 2.45) is 21.1 Å². The first-order valence-corrected chi connectivity index (χ1v) is 22.7. The van der Waals surface area contributed by atoms with Crippen LogP contribution in [0.1, 0.15) is 33.9 Å². The lowest BCUT2D eigenvalue weighted by atomic mass is 10.1. The fourth-order valence-corrected chi connectivity index (χ4v) is 9.61. The van der Waals surface area contributed by atoms with Gasteiger partial charge in [-0.1, -0.05) is 60.7 Å². The van der Waals surface area contributed by atoms with Crippen molar-refractivity contribution in [2.45, 2.75) is 41.5 Å². The van der Waals surface area contributed by atoms with Crippen LogP contribution in [-0.2, 0) is 21.1 Å². The van der Waals surface area contributed by atoms with Gasteiger partial charge in [-0.25, -0.2) is 13.7 Å². The van der Waals surface area contributed by atoms with Crippen molar-refractivity contribution in [3.8, 4) is 17.5 Å². The molecule has 0 fully saturated rings. The Morgan fingerprint density at radius 2 is 0.940 bits per heavy atom. The third kappa shape index (κ3) is 6.50. The topological polar surface area (TPSA) is 78.3 Å². The summed E-state index contributed by atoms with van der Waals surface area (Å²) in [5, 5.41) is 0. The van der Waals surface area contributed by atoms with Crippen LogP contribution in [0.3, 0.4) is 0 Å². The van der Waals surface area contributed by atoms with E-state index in [1.165, 1.54) is 44.9 Å². The highest BCUT2D eigenvalue weighted by Crippen LogP contribution is 2.32. The lowest BCUT2D eigenvalue weighted by Gasteiger charge is -2.04. The van der Waals surface area contributed by atoms with E-state index in [4.69, 9.17) is 15.0 Å². The first-order valence-electron chi connectivity index (χ1n) is 22.7. The Bertz CT molecular complexity index is 4050. The number of hydrogen-bond acceptors (Lipinski definition) is 3. The Hall–Kier alpha value is -8.38. The maximum atomic E-state index is 4.95. The molecule has 12 heteroatoms. The largest absolute Gasteiger partial charge is 0.312 e. The van der Waals surface area contributed by atoms with Gasteiger partial charge in [-0.05, 0) is 108 Å². The van der Waals surface area contributed by atoms with E-state index in [1.807, 2.05) is 30.3 Å². The summed E-state index contributed by atoms with van der Waals surface area (Å²) >= 11 is 0. The standard InChI is InChI=1S/C21H19N4.2C17H17N4/c1-14-11-12-18-20(15(14)2)25(19-10-6-7-13-23(19)3)21-22-16-8-4-5-9-17(16)24(18)21;1-12-7-6-10-16(19(12)3)21-13(2)11-20-15-9-5-4-8-14(15)18-17(20)21;1-12-13(2)21(16-10-6-7-11-19(16)3)17-18-14-8-4-5-9-15(14)20(12)17/h4-13H,1-3H3;2*4-11H,1-3H3/q3*+1. The molecule has 0 aliphatic carbocycles. The zero-order chi connectivity index (χ0) is 46.2. The van der Waals surface area contributed by atoms with Crippen LogP contribution in [0, 0.1) is 41.5 Å². The molecule has 0 unspecified atom stereocenters. The van der Waals surface area contributed by atoms with Gasteiger partial charge in [-0.2, -0.15) is 28.7 Å². The van der Waals surface area contributed by atoms with Crippen molar-refractivity contribution >= 4 is 61.5 Å². The van der Waals surface area contributed by atoms with Gasteiger partial charge >= 0.3 is 17.3 Å². The van der Waals surface area contributed by atoms with Gasteiger partial charge in [-0.3, -0.25) is 13.2 Å². The third-order valence-electron chi connectivity index (χ3n) is 13.5. The van der Waals surface area contributed by atoms with E-state index in [2.05, 4.69) is 231 Å². The molecule has 330 valence electrons. The smallest absolute Gasteiger partial charge is 0.261 e. The molecular weight excluding hydrogens is 829 g/mol. The van der Waals surface area contributed by atoms with Crippen molar-refractivity contribution in [1.82, 2.24) is 41.9 Å². The molecule has 0 saturated carbocycles. The van der Waals surface area contributed by atoms with Gasteiger partial charge in [0.25, 0.3) is 17.5 Å². The number of fused-ring (bicyclic) bond motifs is 11. The molecule has 9 heterocycles. The number of para-hydroxylation sites is 6. The van der Waals surface area contributed by atoms with Crippen LogP contribution in [0.4, 0.5) is 0 Å². The van der Waals surface area contributed by atoms with E-state index in [1.54, 1.807) is 0 Å². The molecule has 0 atom stereocenters. The van der Waals surface area contributed by atoms with Crippen LogP contribution in [0.15, 0.2) is 158 Å². The SMILES string of the molecule is Cc1c(C)n2c3ccccc3nc2n1-c1cccc[n+]1C.Cc1ccc2c(c1C)n(-c1cccc[n+]1C)c1nc3ccccc3n21.Cc1cn2c3ccccc3nc2n1-c1cccc(C)[n+]1C. The molecule has 0 saturated heterocycles. The summed E-state index contributed by atoms with van der Waals surface area (Å²) in [6.45, 7) is 12.9. The zero-order valence-electron chi connectivity index (χ0n) is 39.4.